The van der Waals surface area contributed by atoms with E-state index in [9.17, 15) is 16.8 Å². The van der Waals surface area contributed by atoms with Crippen LogP contribution in [0.4, 0.5) is 0 Å². The lowest BCUT2D eigenvalue weighted by atomic mass is 10.2. The van der Waals surface area contributed by atoms with Gasteiger partial charge in [0.05, 0.1) is 17.0 Å². The molecule has 1 N–H and O–H groups in total. The van der Waals surface area contributed by atoms with Crippen LogP contribution in [0.1, 0.15) is 12.1 Å². The van der Waals surface area contributed by atoms with Crippen LogP contribution in [-0.2, 0) is 19.9 Å². The summed E-state index contributed by atoms with van der Waals surface area (Å²) in [7, 11) is -6.96. The van der Waals surface area contributed by atoms with Gasteiger partial charge in [-0.3, -0.25) is 4.98 Å². The Morgan fingerprint density at radius 2 is 2.00 bits per heavy atom. The first-order chi connectivity index (χ1) is 10.3. The Balaban J connectivity index is 2.01. The molecule has 1 saturated heterocycles. The molecular weight excluding hydrogens is 324 g/mol. The Labute approximate surface area is 129 Å². The fourth-order valence-electron chi connectivity index (χ4n) is 2.61. The molecule has 6 nitrogen and oxygen atoms in total. The molecule has 0 saturated carbocycles. The van der Waals surface area contributed by atoms with E-state index in [2.05, 4.69) is 9.71 Å². The van der Waals surface area contributed by atoms with Crippen LogP contribution < -0.4 is 4.72 Å². The average molecular weight is 340 g/mol. The van der Waals surface area contributed by atoms with Crippen LogP contribution in [0.5, 0.6) is 0 Å². The second-order valence-corrected chi connectivity index (χ2v) is 9.41. The van der Waals surface area contributed by atoms with Gasteiger partial charge in [0.15, 0.2) is 9.84 Å². The van der Waals surface area contributed by atoms with Crippen LogP contribution in [0, 0.1) is 6.92 Å². The number of sulfonamides is 1. The molecule has 1 fully saturated rings. The fraction of sp³-hybridized carbons (Fsp3) is 0.357. The summed E-state index contributed by atoms with van der Waals surface area (Å²) in [6.45, 7) is 1.79. The van der Waals surface area contributed by atoms with Crippen molar-refractivity contribution in [1.82, 2.24) is 9.71 Å². The number of fused-ring (bicyclic) bond motifs is 1. The van der Waals surface area contributed by atoms with Gasteiger partial charge in [-0.25, -0.2) is 21.6 Å². The van der Waals surface area contributed by atoms with E-state index in [0.717, 1.165) is 11.1 Å². The molecule has 0 unspecified atom stereocenters. The molecule has 8 heteroatoms. The number of nitrogens with zero attached hydrogens (tertiary/aromatic N) is 1. The van der Waals surface area contributed by atoms with Crippen molar-refractivity contribution in [2.45, 2.75) is 24.3 Å². The molecule has 0 spiro atoms. The highest BCUT2D eigenvalue weighted by Crippen LogP contribution is 2.23. The van der Waals surface area contributed by atoms with Crippen molar-refractivity contribution < 1.29 is 16.8 Å². The second-order valence-electron chi connectivity index (χ2n) is 5.50. The first-order valence-electron chi connectivity index (χ1n) is 6.86. The maximum Gasteiger partial charge on any atom is 0.243 e. The number of para-hydroxylation sites is 1. The number of pyridine rings is 1. The first kappa shape index (κ1) is 15.4. The van der Waals surface area contributed by atoms with Crippen LogP contribution in [0.3, 0.4) is 0 Å². The molecule has 0 radical (unpaired) electrons. The van der Waals surface area contributed by atoms with E-state index < -0.39 is 25.9 Å². The number of aryl methyl sites for hydroxylation is 1. The zero-order valence-electron chi connectivity index (χ0n) is 12.0. The first-order valence-corrected chi connectivity index (χ1v) is 10.2. The van der Waals surface area contributed by atoms with Gasteiger partial charge >= 0.3 is 0 Å². The number of hydrogen-bond donors (Lipinski definition) is 1. The quantitative estimate of drug-likeness (QED) is 0.900. The van der Waals surface area contributed by atoms with E-state index >= 15 is 0 Å². The smallest absolute Gasteiger partial charge is 0.243 e. The van der Waals surface area contributed by atoms with Gasteiger partial charge < -0.3 is 0 Å². The summed E-state index contributed by atoms with van der Waals surface area (Å²) >= 11 is 0. The Bertz CT molecular complexity index is 936. The number of sulfone groups is 1. The number of benzene rings is 1. The van der Waals surface area contributed by atoms with Crippen molar-refractivity contribution in [2.75, 3.05) is 11.5 Å². The van der Waals surface area contributed by atoms with E-state index in [1.165, 1.54) is 6.07 Å². The lowest BCUT2D eigenvalue weighted by molar-refractivity contribution is 0.563. The third-order valence-electron chi connectivity index (χ3n) is 3.67. The lowest BCUT2D eigenvalue weighted by Gasteiger charge is -2.13. The molecule has 1 aliphatic heterocycles. The fourth-order valence-corrected chi connectivity index (χ4v) is 5.83. The molecule has 1 aromatic carbocycles. The number of nitrogens with one attached hydrogen (secondary N) is 1. The summed E-state index contributed by atoms with van der Waals surface area (Å²) in [5.74, 6) is -0.128. The van der Waals surface area contributed by atoms with E-state index in [4.69, 9.17) is 0 Å². The van der Waals surface area contributed by atoms with Crippen LogP contribution in [0.2, 0.25) is 0 Å². The van der Waals surface area contributed by atoms with Crippen LogP contribution in [-0.4, -0.2) is 39.4 Å². The molecule has 1 atom stereocenters. The van der Waals surface area contributed by atoms with Crippen LogP contribution in [0.15, 0.2) is 35.2 Å². The summed E-state index contributed by atoms with van der Waals surface area (Å²) in [5.41, 5.74) is 1.12. The van der Waals surface area contributed by atoms with Crippen molar-refractivity contribution >= 4 is 30.8 Å². The van der Waals surface area contributed by atoms with Crippen LogP contribution >= 0.6 is 0 Å². The minimum Gasteiger partial charge on any atom is -0.252 e. The van der Waals surface area contributed by atoms with Gasteiger partial charge in [-0.2, -0.15) is 0 Å². The minimum atomic E-state index is -3.81. The normalized spacial score (nSPS) is 21.2. The topological polar surface area (TPSA) is 93.2 Å². The molecular formula is C14H16N2O4S2. The van der Waals surface area contributed by atoms with E-state index in [0.29, 0.717) is 11.9 Å². The predicted molar refractivity (Wildman–Crippen MR) is 83.9 cm³/mol. The zero-order chi connectivity index (χ0) is 16.0. The Morgan fingerprint density at radius 1 is 1.23 bits per heavy atom. The summed E-state index contributed by atoms with van der Waals surface area (Å²) in [5, 5.41) is 0.729. The Kier molecular flexibility index (Phi) is 3.70. The number of hydrogen-bond acceptors (Lipinski definition) is 5. The highest BCUT2D eigenvalue weighted by molar-refractivity contribution is 7.92. The third kappa shape index (κ3) is 2.99. The van der Waals surface area contributed by atoms with Crippen molar-refractivity contribution in [1.29, 1.82) is 0 Å². The average Bonchev–Trinajstić information content (AvgIpc) is 2.76. The lowest BCUT2D eigenvalue weighted by Crippen LogP contribution is -2.35. The van der Waals surface area contributed by atoms with Gasteiger partial charge in [0.2, 0.25) is 10.0 Å². The standard InChI is InChI=1S/C14H16N2O4S2/c1-10-5-6-11-3-2-4-13(14(11)15-10)22(19,20)16-12-7-8-21(17,18)9-12/h2-6,12,16H,7-9H2,1H3/t12-/m1/s1. The molecule has 0 bridgehead atoms. The van der Waals surface area contributed by atoms with Crippen LogP contribution in [0.25, 0.3) is 10.9 Å². The van der Waals surface area contributed by atoms with E-state index in [1.54, 1.807) is 19.1 Å². The zero-order valence-corrected chi connectivity index (χ0v) is 13.6. The Hall–Kier alpha value is -1.51. The summed E-state index contributed by atoms with van der Waals surface area (Å²) in [6, 6.07) is 7.99. The van der Waals surface area contributed by atoms with Crippen molar-refractivity contribution in [3.05, 3.63) is 36.0 Å². The summed E-state index contributed by atoms with van der Waals surface area (Å²) < 4.78 is 50.6. The largest absolute Gasteiger partial charge is 0.252 e. The van der Waals surface area contributed by atoms with Gasteiger partial charge in [-0.05, 0) is 25.5 Å². The highest BCUT2D eigenvalue weighted by atomic mass is 32.2. The number of rotatable bonds is 3. The second kappa shape index (κ2) is 5.29. The molecule has 2 heterocycles. The maximum atomic E-state index is 12.6. The monoisotopic (exact) mass is 340 g/mol. The summed E-state index contributed by atoms with van der Waals surface area (Å²) in [6.07, 6.45) is 0.304. The molecule has 1 aliphatic rings. The van der Waals surface area contributed by atoms with Crippen molar-refractivity contribution in [3.8, 4) is 0 Å². The number of aromatic nitrogens is 1. The minimum absolute atomic E-state index is 0.0209. The molecule has 2 aromatic rings. The highest BCUT2D eigenvalue weighted by Gasteiger charge is 2.32. The Morgan fingerprint density at radius 3 is 2.68 bits per heavy atom. The molecule has 118 valence electrons. The SMILES string of the molecule is Cc1ccc2cccc(S(=O)(=O)N[C@@H]3CCS(=O)(=O)C3)c2n1. The van der Waals surface area contributed by atoms with Gasteiger partial charge in [-0.15, -0.1) is 0 Å². The molecule has 22 heavy (non-hydrogen) atoms. The predicted octanol–water partition coefficient (Wildman–Crippen LogP) is 1.01. The molecule has 0 amide bonds. The van der Waals surface area contributed by atoms with E-state index in [1.807, 2.05) is 12.1 Å². The van der Waals surface area contributed by atoms with Gasteiger partial charge in [-0.1, -0.05) is 18.2 Å². The molecule has 3 rings (SSSR count). The molecule has 1 aromatic heterocycles. The van der Waals surface area contributed by atoms with Gasteiger partial charge in [0.1, 0.15) is 4.90 Å². The molecule has 0 aliphatic carbocycles. The van der Waals surface area contributed by atoms with Crippen molar-refractivity contribution in [2.24, 2.45) is 0 Å². The van der Waals surface area contributed by atoms with Gasteiger partial charge in [0.25, 0.3) is 0 Å². The maximum absolute atomic E-state index is 12.6. The third-order valence-corrected chi connectivity index (χ3v) is 6.99. The van der Waals surface area contributed by atoms with Crippen molar-refractivity contribution in [3.63, 3.8) is 0 Å². The van der Waals surface area contributed by atoms with E-state index in [-0.39, 0.29) is 16.4 Å². The summed E-state index contributed by atoms with van der Waals surface area (Å²) in [4.78, 5) is 4.39. The van der Waals surface area contributed by atoms with Gasteiger partial charge in [0, 0.05) is 17.1 Å².